The van der Waals surface area contributed by atoms with Crippen molar-refractivity contribution in [1.82, 2.24) is 14.8 Å². The second-order valence-corrected chi connectivity index (χ2v) is 7.70. The molecule has 1 amide bonds. The fraction of sp³-hybridized carbons (Fsp3) is 0.190. The van der Waals surface area contributed by atoms with E-state index in [4.69, 9.17) is 20.3 Å². The first-order valence-electron chi connectivity index (χ1n) is 9.14. The van der Waals surface area contributed by atoms with Gasteiger partial charge in [-0.25, -0.2) is 4.68 Å². The Morgan fingerprint density at radius 1 is 1.13 bits per heavy atom. The quantitative estimate of drug-likeness (QED) is 0.592. The smallest absolute Gasteiger partial charge is 0.248 e. The number of benzene rings is 2. The van der Waals surface area contributed by atoms with E-state index in [9.17, 15) is 4.79 Å². The molecule has 0 bridgehead atoms. The number of halogens is 1. The predicted octanol–water partition coefficient (Wildman–Crippen LogP) is 3.50. The summed E-state index contributed by atoms with van der Waals surface area (Å²) in [6.45, 7) is 1.80. The van der Waals surface area contributed by atoms with Crippen molar-refractivity contribution < 1.29 is 14.3 Å². The summed E-state index contributed by atoms with van der Waals surface area (Å²) in [7, 11) is 3.17. The highest BCUT2D eigenvalue weighted by atomic mass is 79.9. The summed E-state index contributed by atoms with van der Waals surface area (Å²) in [5.41, 5.74) is 8.40. The van der Waals surface area contributed by atoms with Gasteiger partial charge in [0.25, 0.3) is 0 Å². The third kappa shape index (κ3) is 3.52. The molecular weight excluding hydrogens is 450 g/mol. The number of rotatable bonds is 5. The van der Waals surface area contributed by atoms with E-state index in [1.165, 1.54) is 0 Å². The zero-order chi connectivity index (χ0) is 21.4. The monoisotopic (exact) mass is 469 g/mol. The van der Waals surface area contributed by atoms with Gasteiger partial charge in [-0.15, -0.1) is 5.10 Å². The lowest BCUT2D eigenvalue weighted by Gasteiger charge is -2.27. The number of nitrogens with one attached hydrogen (secondary N) is 1. The Bertz CT molecular complexity index is 1130. The summed E-state index contributed by atoms with van der Waals surface area (Å²) >= 11 is 3.44. The zero-order valence-corrected chi connectivity index (χ0v) is 18.2. The first kappa shape index (κ1) is 20.0. The van der Waals surface area contributed by atoms with Crippen LogP contribution >= 0.6 is 15.9 Å². The Balaban J connectivity index is 1.87. The minimum absolute atomic E-state index is 0.435. The SMILES string of the molecule is COc1cc(OC)cc(-c2nc3n(n2)C(c2ccc(Br)cc2)C(C(N)=O)=C(C)N3)c1. The number of nitrogens with two attached hydrogens (primary N) is 1. The molecule has 0 saturated heterocycles. The molecule has 154 valence electrons. The first-order chi connectivity index (χ1) is 14.4. The summed E-state index contributed by atoms with van der Waals surface area (Å²) in [5, 5.41) is 7.84. The van der Waals surface area contributed by atoms with Crippen molar-refractivity contribution in [3.63, 3.8) is 0 Å². The number of hydrogen-bond acceptors (Lipinski definition) is 6. The van der Waals surface area contributed by atoms with Crippen LogP contribution in [-0.4, -0.2) is 34.9 Å². The number of methoxy groups -OCH3 is 2. The standard InChI is InChI=1S/C21H20BrN5O3/c1-11-17(19(23)28)18(12-4-6-14(22)7-5-12)27-21(24-11)25-20(26-27)13-8-15(29-2)10-16(9-13)30-3/h4-10,18H,1-3H3,(H2,23,28)(H,24,25,26). The van der Waals surface area contributed by atoms with Crippen LogP contribution in [0.25, 0.3) is 11.4 Å². The predicted molar refractivity (Wildman–Crippen MR) is 116 cm³/mol. The lowest BCUT2D eigenvalue weighted by molar-refractivity contribution is -0.115. The molecule has 2 heterocycles. The number of allylic oxidation sites excluding steroid dienone is 1. The van der Waals surface area contributed by atoms with E-state index in [2.05, 4.69) is 26.2 Å². The topological polar surface area (TPSA) is 104 Å². The number of carbonyl (C=O) groups is 1. The Labute approximate surface area is 181 Å². The molecule has 1 atom stereocenters. The summed E-state index contributed by atoms with van der Waals surface area (Å²) in [6.07, 6.45) is 0. The molecule has 0 fully saturated rings. The zero-order valence-electron chi connectivity index (χ0n) is 16.6. The molecule has 9 heteroatoms. The fourth-order valence-corrected chi connectivity index (χ4v) is 3.75. The fourth-order valence-electron chi connectivity index (χ4n) is 3.48. The molecule has 4 rings (SSSR count). The van der Waals surface area contributed by atoms with Gasteiger partial charge < -0.3 is 20.5 Å². The van der Waals surface area contributed by atoms with Gasteiger partial charge >= 0.3 is 0 Å². The Kier molecular flexibility index (Phi) is 5.21. The van der Waals surface area contributed by atoms with E-state index in [1.807, 2.05) is 36.4 Å². The van der Waals surface area contributed by atoms with Crippen LogP contribution in [0.3, 0.4) is 0 Å². The maximum atomic E-state index is 12.3. The van der Waals surface area contributed by atoms with Gasteiger partial charge in [0.1, 0.15) is 17.5 Å². The molecule has 1 aliphatic rings. The molecule has 1 aromatic heterocycles. The normalized spacial score (nSPS) is 15.4. The van der Waals surface area contributed by atoms with Gasteiger partial charge in [-0.2, -0.15) is 4.98 Å². The average molecular weight is 470 g/mol. The van der Waals surface area contributed by atoms with Crippen LogP contribution in [0.5, 0.6) is 11.5 Å². The third-order valence-corrected chi connectivity index (χ3v) is 5.44. The maximum Gasteiger partial charge on any atom is 0.248 e. The summed E-state index contributed by atoms with van der Waals surface area (Å²) in [5.74, 6) is 1.72. The van der Waals surface area contributed by atoms with Crippen molar-refractivity contribution in [2.24, 2.45) is 5.73 Å². The molecule has 0 spiro atoms. The lowest BCUT2D eigenvalue weighted by atomic mass is 9.95. The third-order valence-electron chi connectivity index (χ3n) is 4.91. The van der Waals surface area contributed by atoms with Crippen LogP contribution in [-0.2, 0) is 4.79 Å². The van der Waals surface area contributed by atoms with Crippen LogP contribution in [0.1, 0.15) is 18.5 Å². The molecule has 30 heavy (non-hydrogen) atoms. The molecule has 1 aliphatic heterocycles. The highest BCUT2D eigenvalue weighted by Crippen LogP contribution is 2.37. The second kappa shape index (κ2) is 7.83. The summed E-state index contributed by atoms with van der Waals surface area (Å²) in [6, 6.07) is 12.6. The van der Waals surface area contributed by atoms with Gasteiger partial charge in [-0.05, 0) is 36.8 Å². The van der Waals surface area contributed by atoms with Gasteiger partial charge in [0.05, 0.1) is 19.8 Å². The van der Waals surface area contributed by atoms with E-state index in [1.54, 1.807) is 31.9 Å². The van der Waals surface area contributed by atoms with Gasteiger partial charge in [0, 0.05) is 21.8 Å². The van der Waals surface area contributed by atoms with E-state index >= 15 is 0 Å². The van der Waals surface area contributed by atoms with Gasteiger partial charge in [0.15, 0.2) is 5.82 Å². The van der Waals surface area contributed by atoms with Crippen molar-refractivity contribution in [1.29, 1.82) is 0 Å². The van der Waals surface area contributed by atoms with E-state index in [-0.39, 0.29) is 0 Å². The number of anilines is 1. The van der Waals surface area contributed by atoms with Gasteiger partial charge in [-0.1, -0.05) is 28.1 Å². The van der Waals surface area contributed by atoms with Crippen LogP contribution in [0.15, 0.2) is 58.2 Å². The van der Waals surface area contributed by atoms with Gasteiger partial charge in [-0.3, -0.25) is 4.79 Å². The van der Waals surface area contributed by atoms with Crippen molar-refractivity contribution in [2.45, 2.75) is 13.0 Å². The summed E-state index contributed by atoms with van der Waals surface area (Å²) in [4.78, 5) is 16.9. The van der Waals surface area contributed by atoms with E-state index in [0.29, 0.717) is 34.5 Å². The highest BCUT2D eigenvalue weighted by molar-refractivity contribution is 9.10. The molecule has 0 aliphatic carbocycles. The van der Waals surface area contributed by atoms with Crippen LogP contribution < -0.4 is 20.5 Å². The lowest BCUT2D eigenvalue weighted by Crippen LogP contribution is -2.31. The number of primary amides is 1. The molecule has 1 unspecified atom stereocenters. The van der Waals surface area contributed by atoms with Crippen molar-refractivity contribution >= 4 is 27.8 Å². The number of carbonyl (C=O) groups excluding carboxylic acids is 1. The molecular formula is C21H20BrN5O3. The van der Waals surface area contributed by atoms with Gasteiger partial charge in [0.2, 0.25) is 11.9 Å². The van der Waals surface area contributed by atoms with E-state index in [0.717, 1.165) is 15.6 Å². The first-order valence-corrected chi connectivity index (χ1v) is 9.93. The molecule has 0 saturated carbocycles. The number of nitrogens with zero attached hydrogens (tertiary/aromatic N) is 3. The number of hydrogen-bond donors (Lipinski definition) is 2. The number of fused-ring (bicyclic) bond motifs is 1. The highest BCUT2D eigenvalue weighted by Gasteiger charge is 2.33. The number of aromatic nitrogens is 3. The van der Waals surface area contributed by atoms with E-state index < -0.39 is 11.9 Å². The number of ether oxygens (including phenoxy) is 2. The number of amides is 1. The minimum Gasteiger partial charge on any atom is -0.497 e. The molecule has 2 aromatic carbocycles. The Hall–Kier alpha value is -3.33. The molecule has 3 N–H and O–H groups in total. The average Bonchev–Trinajstić information content (AvgIpc) is 3.16. The maximum absolute atomic E-state index is 12.3. The second-order valence-electron chi connectivity index (χ2n) is 6.79. The van der Waals surface area contributed by atoms with Crippen molar-refractivity contribution in [3.8, 4) is 22.9 Å². The summed E-state index contributed by atoms with van der Waals surface area (Å²) < 4.78 is 13.3. The molecule has 8 nitrogen and oxygen atoms in total. The van der Waals surface area contributed by atoms with Crippen LogP contribution in [0.4, 0.5) is 5.95 Å². The van der Waals surface area contributed by atoms with Crippen molar-refractivity contribution in [3.05, 3.63) is 63.8 Å². The van der Waals surface area contributed by atoms with Crippen LogP contribution in [0.2, 0.25) is 0 Å². The molecule has 3 aromatic rings. The van der Waals surface area contributed by atoms with Crippen molar-refractivity contribution in [2.75, 3.05) is 19.5 Å². The minimum atomic E-state index is -0.515. The Morgan fingerprint density at radius 2 is 1.77 bits per heavy atom. The molecule has 0 radical (unpaired) electrons. The largest absolute Gasteiger partial charge is 0.497 e. The Morgan fingerprint density at radius 3 is 2.33 bits per heavy atom. The van der Waals surface area contributed by atoms with Crippen LogP contribution in [0, 0.1) is 0 Å².